The van der Waals surface area contributed by atoms with Crippen molar-refractivity contribution in [2.45, 2.75) is 20.0 Å². The van der Waals surface area contributed by atoms with Gasteiger partial charge < -0.3 is 4.74 Å². The Kier molecular flexibility index (Phi) is 2.81. The van der Waals surface area contributed by atoms with Gasteiger partial charge in [-0.15, -0.1) is 0 Å². The molecule has 2 aromatic rings. The molecule has 1 aromatic heterocycles. The number of carbonyl (C=O) groups excluding carboxylic acids is 1. The van der Waals surface area contributed by atoms with Gasteiger partial charge in [-0.3, -0.25) is 4.90 Å². The van der Waals surface area contributed by atoms with Gasteiger partial charge >= 0.3 is 11.7 Å². The van der Waals surface area contributed by atoms with Crippen LogP contribution in [-0.2, 0) is 13.1 Å². The van der Waals surface area contributed by atoms with E-state index in [0.29, 0.717) is 30.4 Å². The predicted octanol–water partition coefficient (Wildman–Crippen LogP) is 1.06. The van der Waals surface area contributed by atoms with E-state index in [4.69, 9.17) is 4.74 Å². The Morgan fingerprint density at radius 1 is 1.25 bits per heavy atom. The quantitative estimate of drug-likeness (QED) is 0.839. The Hall–Kier alpha value is -2.57. The maximum Gasteiger partial charge on any atom is 0.354 e. The smallest absolute Gasteiger partial charge is 0.354 e. The Bertz CT molecular complexity index is 714. The summed E-state index contributed by atoms with van der Waals surface area (Å²) in [5.74, 6) is 1.18. The average Bonchev–Trinajstić information content (AvgIpc) is 2.97. The van der Waals surface area contributed by atoms with E-state index in [1.165, 1.54) is 9.58 Å². The van der Waals surface area contributed by atoms with E-state index in [2.05, 4.69) is 5.10 Å². The van der Waals surface area contributed by atoms with E-state index >= 15 is 0 Å². The first-order valence-corrected chi connectivity index (χ1v) is 6.30. The SMILES string of the molecule is CCn1nc2n(c1=O)C(=O)N(c1ccc(OC)cc1)C2. The Labute approximate surface area is 115 Å². The minimum absolute atomic E-state index is 0.299. The molecule has 0 atom stereocenters. The van der Waals surface area contributed by atoms with Gasteiger partial charge in [-0.1, -0.05) is 0 Å². The molecule has 0 fully saturated rings. The average molecular weight is 274 g/mol. The van der Waals surface area contributed by atoms with Gasteiger partial charge in [-0.25, -0.2) is 14.3 Å². The normalized spacial score (nSPS) is 13.7. The number of methoxy groups -OCH3 is 1. The zero-order chi connectivity index (χ0) is 14.3. The summed E-state index contributed by atoms with van der Waals surface area (Å²) in [5.41, 5.74) is 0.326. The van der Waals surface area contributed by atoms with E-state index < -0.39 is 0 Å². The van der Waals surface area contributed by atoms with Gasteiger partial charge in [0.25, 0.3) is 0 Å². The standard InChI is InChI=1S/C13H14N4O3/c1-3-16-13(19)17-11(14-16)8-15(12(17)18)9-4-6-10(20-2)7-5-9/h4-7H,3,8H2,1-2H3. The van der Waals surface area contributed by atoms with Crippen molar-refractivity contribution in [3.8, 4) is 5.75 Å². The van der Waals surface area contributed by atoms with Crippen LogP contribution in [0.25, 0.3) is 0 Å². The molecule has 0 spiro atoms. The maximum atomic E-state index is 12.3. The lowest BCUT2D eigenvalue weighted by atomic mass is 10.3. The van der Waals surface area contributed by atoms with Crippen molar-refractivity contribution in [3.05, 3.63) is 40.6 Å². The summed E-state index contributed by atoms with van der Waals surface area (Å²) in [6, 6.07) is 6.74. The highest BCUT2D eigenvalue weighted by molar-refractivity contribution is 5.96. The summed E-state index contributed by atoms with van der Waals surface area (Å²) in [5, 5.41) is 4.15. The molecule has 0 saturated heterocycles. The second-order valence-corrected chi connectivity index (χ2v) is 4.42. The summed E-state index contributed by atoms with van der Waals surface area (Å²) < 4.78 is 7.49. The molecule has 0 N–H and O–H groups in total. The van der Waals surface area contributed by atoms with Crippen LogP contribution >= 0.6 is 0 Å². The van der Waals surface area contributed by atoms with Gasteiger partial charge in [-0.05, 0) is 31.2 Å². The molecule has 3 rings (SSSR count). The highest BCUT2D eigenvalue weighted by Crippen LogP contribution is 2.24. The van der Waals surface area contributed by atoms with Crippen molar-refractivity contribution >= 4 is 11.7 Å². The van der Waals surface area contributed by atoms with E-state index in [1.54, 1.807) is 31.4 Å². The molecule has 0 bridgehead atoms. The van der Waals surface area contributed by atoms with E-state index in [1.807, 2.05) is 6.92 Å². The first kappa shape index (κ1) is 12.5. The van der Waals surface area contributed by atoms with Crippen molar-refractivity contribution < 1.29 is 9.53 Å². The van der Waals surface area contributed by atoms with E-state index in [0.717, 1.165) is 4.57 Å². The predicted molar refractivity (Wildman–Crippen MR) is 72.1 cm³/mol. The number of aromatic nitrogens is 3. The second-order valence-electron chi connectivity index (χ2n) is 4.42. The summed E-state index contributed by atoms with van der Waals surface area (Å²) in [4.78, 5) is 25.8. The fraction of sp³-hybridized carbons (Fsp3) is 0.308. The Balaban J connectivity index is 1.95. The minimum atomic E-state index is -0.386. The molecule has 0 radical (unpaired) electrons. The third-order valence-corrected chi connectivity index (χ3v) is 3.31. The number of amides is 1. The fourth-order valence-corrected chi connectivity index (χ4v) is 2.25. The van der Waals surface area contributed by atoms with Crippen LogP contribution in [-0.4, -0.2) is 27.5 Å². The van der Waals surface area contributed by atoms with Crippen LogP contribution in [0.1, 0.15) is 12.7 Å². The number of hydrogen-bond donors (Lipinski definition) is 0. The molecule has 7 nitrogen and oxygen atoms in total. The van der Waals surface area contributed by atoms with Crippen LogP contribution in [0.4, 0.5) is 10.5 Å². The number of hydrogen-bond acceptors (Lipinski definition) is 4. The van der Waals surface area contributed by atoms with Crippen molar-refractivity contribution in [3.63, 3.8) is 0 Å². The van der Waals surface area contributed by atoms with Gasteiger partial charge in [0.15, 0.2) is 5.82 Å². The monoisotopic (exact) mass is 274 g/mol. The van der Waals surface area contributed by atoms with Crippen molar-refractivity contribution in [2.75, 3.05) is 12.0 Å². The van der Waals surface area contributed by atoms with Crippen molar-refractivity contribution in [2.24, 2.45) is 0 Å². The lowest BCUT2D eigenvalue weighted by Gasteiger charge is -2.15. The zero-order valence-corrected chi connectivity index (χ0v) is 11.2. The third kappa shape index (κ3) is 1.70. The number of carbonyl (C=O) groups is 1. The number of ether oxygens (including phenoxy) is 1. The maximum absolute atomic E-state index is 12.3. The van der Waals surface area contributed by atoms with Crippen LogP contribution in [0.2, 0.25) is 0 Å². The molecule has 7 heteroatoms. The molecule has 1 amide bonds. The summed E-state index contributed by atoms with van der Waals surface area (Å²) in [6.45, 7) is 2.57. The number of nitrogens with zero attached hydrogens (tertiary/aromatic N) is 4. The molecule has 2 heterocycles. The van der Waals surface area contributed by atoms with Gasteiger partial charge in [0.05, 0.1) is 13.7 Å². The molecular weight excluding hydrogens is 260 g/mol. The Morgan fingerprint density at radius 2 is 1.95 bits per heavy atom. The van der Waals surface area contributed by atoms with Crippen LogP contribution in [0.3, 0.4) is 0 Å². The van der Waals surface area contributed by atoms with Gasteiger partial charge in [-0.2, -0.15) is 9.67 Å². The number of benzene rings is 1. The zero-order valence-electron chi connectivity index (χ0n) is 11.2. The van der Waals surface area contributed by atoms with Gasteiger partial charge in [0.1, 0.15) is 5.75 Å². The third-order valence-electron chi connectivity index (χ3n) is 3.31. The molecule has 0 aliphatic carbocycles. The molecule has 1 aliphatic heterocycles. The van der Waals surface area contributed by atoms with Crippen LogP contribution < -0.4 is 15.3 Å². The molecule has 1 aromatic carbocycles. The van der Waals surface area contributed by atoms with Crippen molar-refractivity contribution in [1.82, 2.24) is 14.3 Å². The largest absolute Gasteiger partial charge is 0.497 e. The molecule has 1 aliphatic rings. The lowest BCUT2D eigenvalue weighted by Crippen LogP contribution is -2.34. The Morgan fingerprint density at radius 3 is 2.50 bits per heavy atom. The minimum Gasteiger partial charge on any atom is -0.497 e. The highest BCUT2D eigenvalue weighted by atomic mass is 16.5. The van der Waals surface area contributed by atoms with E-state index in [9.17, 15) is 9.59 Å². The molecular formula is C13H14N4O3. The fourth-order valence-electron chi connectivity index (χ4n) is 2.25. The van der Waals surface area contributed by atoms with Gasteiger partial charge in [0, 0.05) is 12.2 Å². The molecule has 0 unspecified atom stereocenters. The highest BCUT2D eigenvalue weighted by Gasteiger charge is 2.33. The lowest BCUT2D eigenvalue weighted by molar-refractivity contribution is 0.250. The first-order chi connectivity index (χ1) is 9.65. The summed E-state index contributed by atoms with van der Waals surface area (Å²) >= 11 is 0. The van der Waals surface area contributed by atoms with Crippen LogP contribution in [0.5, 0.6) is 5.75 Å². The van der Waals surface area contributed by atoms with Gasteiger partial charge in [0.2, 0.25) is 0 Å². The van der Waals surface area contributed by atoms with Crippen molar-refractivity contribution in [1.29, 1.82) is 0 Å². The second kappa shape index (κ2) is 4.52. The number of rotatable bonds is 3. The van der Waals surface area contributed by atoms with Crippen LogP contribution in [0.15, 0.2) is 29.1 Å². The van der Waals surface area contributed by atoms with E-state index in [-0.39, 0.29) is 11.7 Å². The van der Waals surface area contributed by atoms with Crippen LogP contribution in [0, 0.1) is 0 Å². The molecule has 104 valence electrons. The summed E-state index contributed by atoms with van der Waals surface area (Å²) in [6.07, 6.45) is 0. The first-order valence-electron chi connectivity index (χ1n) is 6.30. The molecule has 20 heavy (non-hydrogen) atoms. The number of fused-ring (bicyclic) bond motifs is 1. The molecule has 0 saturated carbocycles. The topological polar surface area (TPSA) is 69.4 Å². The summed E-state index contributed by atoms with van der Waals surface area (Å²) in [7, 11) is 1.58. The number of anilines is 1. The number of aryl methyl sites for hydroxylation is 1.